The van der Waals surface area contributed by atoms with Crippen LogP contribution in [0.1, 0.15) is 29.3 Å². The first-order valence-corrected chi connectivity index (χ1v) is 4.27. The van der Waals surface area contributed by atoms with Crippen LogP contribution in [-0.4, -0.2) is 11.1 Å². The molecule has 70 valence electrons. The van der Waals surface area contributed by atoms with Crippen molar-refractivity contribution >= 4 is 11.7 Å². The summed E-state index contributed by atoms with van der Waals surface area (Å²) in [5.41, 5.74) is 7.21. The van der Waals surface area contributed by atoms with Gasteiger partial charge in [-0.25, -0.2) is 4.79 Å². The maximum atomic E-state index is 10.7. The molecule has 1 aromatic carbocycles. The average molecular weight is 179 g/mol. The van der Waals surface area contributed by atoms with Gasteiger partial charge in [0, 0.05) is 5.69 Å². The van der Waals surface area contributed by atoms with Gasteiger partial charge in [0.25, 0.3) is 0 Å². The molecular weight excluding hydrogens is 166 g/mol. The Morgan fingerprint density at radius 2 is 2.23 bits per heavy atom. The molecule has 0 fully saturated rings. The first kappa shape index (κ1) is 9.58. The monoisotopic (exact) mass is 179 g/mol. The quantitative estimate of drug-likeness (QED) is 0.697. The molecule has 0 unspecified atom stereocenters. The summed E-state index contributed by atoms with van der Waals surface area (Å²) in [6, 6.07) is 5.12. The molecule has 0 atom stereocenters. The molecule has 0 aromatic heterocycles. The van der Waals surface area contributed by atoms with Crippen molar-refractivity contribution in [1.82, 2.24) is 0 Å². The number of nitrogen functional groups attached to an aromatic ring is 1. The molecule has 0 aliphatic carbocycles. The van der Waals surface area contributed by atoms with Gasteiger partial charge in [-0.05, 0) is 18.1 Å². The lowest BCUT2D eigenvalue weighted by atomic mass is 10.0. The van der Waals surface area contributed by atoms with Gasteiger partial charge < -0.3 is 10.8 Å². The van der Waals surface area contributed by atoms with Crippen LogP contribution in [0.25, 0.3) is 0 Å². The first-order chi connectivity index (χ1) is 6.16. The third kappa shape index (κ3) is 1.99. The molecule has 1 aromatic rings. The summed E-state index contributed by atoms with van der Waals surface area (Å²) in [6.07, 6.45) is 1.79. The number of carboxylic acid groups (broad SMARTS) is 1. The fourth-order valence-electron chi connectivity index (χ4n) is 1.29. The van der Waals surface area contributed by atoms with Gasteiger partial charge >= 0.3 is 5.97 Å². The predicted molar refractivity (Wildman–Crippen MR) is 51.8 cm³/mol. The van der Waals surface area contributed by atoms with E-state index in [-0.39, 0.29) is 5.56 Å². The van der Waals surface area contributed by atoms with Crippen molar-refractivity contribution in [3.63, 3.8) is 0 Å². The molecule has 3 nitrogen and oxygen atoms in total. The van der Waals surface area contributed by atoms with E-state index < -0.39 is 5.97 Å². The second kappa shape index (κ2) is 3.94. The zero-order valence-corrected chi connectivity index (χ0v) is 7.58. The maximum Gasteiger partial charge on any atom is 0.337 e. The lowest BCUT2D eigenvalue weighted by Gasteiger charge is -2.06. The number of hydrogen-bond acceptors (Lipinski definition) is 2. The Hall–Kier alpha value is -1.51. The minimum Gasteiger partial charge on any atom is -0.478 e. The maximum absolute atomic E-state index is 10.7. The van der Waals surface area contributed by atoms with E-state index >= 15 is 0 Å². The van der Waals surface area contributed by atoms with Crippen LogP contribution in [0.2, 0.25) is 0 Å². The van der Waals surface area contributed by atoms with Gasteiger partial charge in [0.15, 0.2) is 0 Å². The van der Waals surface area contributed by atoms with E-state index in [1.165, 1.54) is 6.07 Å². The summed E-state index contributed by atoms with van der Waals surface area (Å²) in [7, 11) is 0. The van der Waals surface area contributed by atoms with E-state index in [4.69, 9.17) is 10.8 Å². The smallest absolute Gasteiger partial charge is 0.337 e. The Morgan fingerprint density at radius 1 is 1.54 bits per heavy atom. The van der Waals surface area contributed by atoms with Crippen LogP contribution in [0.3, 0.4) is 0 Å². The molecule has 0 heterocycles. The minimum atomic E-state index is -0.963. The van der Waals surface area contributed by atoms with Crippen molar-refractivity contribution in [2.24, 2.45) is 0 Å². The topological polar surface area (TPSA) is 63.3 Å². The number of rotatable bonds is 3. The highest BCUT2D eigenvalue weighted by atomic mass is 16.4. The SMILES string of the molecule is CCCc1cccc(C(=O)O)c1N. The molecule has 13 heavy (non-hydrogen) atoms. The average Bonchev–Trinajstić information content (AvgIpc) is 2.08. The van der Waals surface area contributed by atoms with Crippen molar-refractivity contribution in [3.05, 3.63) is 29.3 Å². The van der Waals surface area contributed by atoms with Crippen LogP contribution in [-0.2, 0) is 6.42 Å². The second-order valence-corrected chi connectivity index (χ2v) is 2.93. The first-order valence-electron chi connectivity index (χ1n) is 4.27. The van der Waals surface area contributed by atoms with E-state index in [0.717, 1.165) is 18.4 Å². The Kier molecular flexibility index (Phi) is 2.90. The van der Waals surface area contributed by atoms with E-state index in [1.807, 2.05) is 13.0 Å². The molecule has 0 aliphatic heterocycles. The highest BCUT2D eigenvalue weighted by Crippen LogP contribution is 2.18. The summed E-state index contributed by atoms with van der Waals surface area (Å²) in [6.45, 7) is 2.03. The summed E-state index contributed by atoms with van der Waals surface area (Å²) in [4.78, 5) is 10.7. The molecule has 0 amide bonds. The summed E-state index contributed by atoms with van der Waals surface area (Å²) in [5.74, 6) is -0.963. The lowest BCUT2D eigenvalue weighted by molar-refractivity contribution is 0.0698. The zero-order chi connectivity index (χ0) is 9.84. The zero-order valence-electron chi connectivity index (χ0n) is 7.58. The normalized spacial score (nSPS) is 9.92. The largest absolute Gasteiger partial charge is 0.478 e. The van der Waals surface area contributed by atoms with Gasteiger partial charge in [-0.1, -0.05) is 25.5 Å². The third-order valence-electron chi connectivity index (χ3n) is 1.95. The van der Waals surface area contributed by atoms with Gasteiger partial charge in [-0.2, -0.15) is 0 Å². The van der Waals surface area contributed by atoms with E-state index in [2.05, 4.69) is 0 Å². The van der Waals surface area contributed by atoms with Gasteiger partial charge in [0.1, 0.15) is 0 Å². The van der Waals surface area contributed by atoms with Gasteiger partial charge in [-0.3, -0.25) is 0 Å². The molecule has 0 aliphatic rings. The molecule has 0 saturated carbocycles. The van der Waals surface area contributed by atoms with E-state index in [1.54, 1.807) is 6.07 Å². The Labute approximate surface area is 77.2 Å². The molecule has 0 bridgehead atoms. The number of carboxylic acids is 1. The van der Waals surface area contributed by atoms with Crippen LogP contribution >= 0.6 is 0 Å². The van der Waals surface area contributed by atoms with Crippen LogP contribution in [0.4, 0.5) is 5.69 Å². The number of nitrogens with two attached hydrogens (primary N) is 1. The molecule has 0 spiro atoms. The fraction of sp³-hybridized carbons (Fsp3) is 0.300. The summed E-state index contributed by atoms with van der Waals surface area (Å²) >= 11 is 0. The Morgan fingerprint density at radius 3 is 2.77 bits per heavy atom. The van der Waals surface area contributed by atoms with E-state index in [0.29, 0.717) is 5.69 Å². The second-order valence-electron chi connectivity index (χ2n) is 2.93. The van der Waals surface area contributed by atoms with Crippen molar-refractivity contribution in [2.45, 2.75) is 19.8 Å². The number of aryl methyl sites for hydroxylation is 1. The van der Waals surface area contributed by atoms with Crippen molar-refractivity contribution in [3.8, 4) is 0 Å². The molecule has 1 rings (SSSR count). The number of carbonyl (C=O) groups is 1. The third-order valence-corrected chi connectivity index (χ3v) is 1.95. The number of benzene rings is 1. The van der Waals surface area contributed by atoms with Crippen LogP contribution in [0, 0.1) is 0 Å². The fourth-order valence-corrected chi connectivity index (χ4v) is 1.29. The minimum absolute atomic E-state index is 0.200. The van der Waals surface area contributed by atoms with Gasteiger partial charge in [-0.15, -0.1) is 0 Å². The number of aromatic carboxylic acids is 1. The van der Waals surface area contributed by atoms with Crippen LogP contribution < -0.4 is 5.73 Å². The Bertz CT molecular complexity index is 321. The van der Waals surface area contributed by atoms with Crippen LogP contribution in [0.5, 0.6) is 0 Å². The van der Waals surface area contributed by atoms with Crippen molar-refractivity contribution in [1.29, 1.82) is 0 Å². The van der Waals surface area contributed by atoms with Crippen molar-refractivity contribution in [2.75, 3.05) is 5.73 Å². The van der Waals surface area contributed by atoms with Gasteiger partial charge in [0.05, 0.1) is 5.56 Å². The summed E-state index contributed by atoms with van der Waals surface area (Å²) in [5, 5.41) is 8.78. The van der Waals surface area contributed by atoms with E-state index in [9.17, 15) is 4.79 Å². The molecule has 0 radical (unpaired) electrons. The number of anilines is 1. The van der Waals surface area contributed by atoms with Crippen molar-refractivity contribution < 1.29 is 9.90 Å². The standard InChI is InChI=1S/C10H13NO2/c1-2-4-7-5-3-6-8(9(7)11)10(12)13/h3,5-6H,2,4,11H2,1H3,(H,12,13). The van der Waals surface area contributed by atoms with Gasteiger partial charge in [0.2, 0.25) is 0 Å². The molecule has 0 saturated heterocycles. The number of hydrogen-bond donors (Lipinski definition) is 2. The van der Waals surface area contributed by atoms with Crippen LogP contribution in [0.15, 0.2) is 18.2 Å². The highest BCUT2D eigenvalue weighted by Gasteiger charge is 2.09. The molecule has 3 N–H and O–H groups in total. The predicted octanol–water partition coefficient (Wildman–Crippen LogP) is 1.92. The number of para-hydroxylation sites is 1. The molecule has 3 heteroatoms. The molecular formula is C10H13NO2. The summed E-state index contributed by atoms with van der Waals surface area (Å²) < 4.78 is 0. The Balaban J connectivity index is 3.10. The highest BCUT2D eigenvalue weighted by molar-refractivity contribution is 5.94. The lowest BCUT2D eigenvalue weighted by Crippen LogP contribution is -2.05.